The number of likely N-dealkylation sites (N-methyl/N-ethyl adjacent to an activating group) is 1. The van der Waals surface area contributed by atoms with Gasteiger partial charge in [0, 0.05) is 45.3 Å². The number of nitrogens with zero attached hydrogens (tertiary/aromatic N) is 3. The number of aliphatic hydroxyl groups is 1. The summed E-state index contributed by atoms with van der Waals surface area (Å²) in [5, 5.41) is 17.6. The lowest BCUT2D eigenvalue weighted by molar-refractivity contribution is 0.0306. The van der Waals surface area contributed by atoms with Crippen LogP contribution in [-0.4, -0.2) is 84.9 Å². The zero-order valence-electron chi connectivity index (χ0n) is 18.3. The molecule has 1 atom stereocenters. The van der Waals surface area contributed by atoms with Crippen LogP contribution in [0.4, 0.5) is 0 Å². The van der Waals surface area contributed by atoms with Crippen molar-refractivity contribution in [3.63, 3.8) is 0 Å². The van der Waals surface area contributed by atoms with Gasteiger partial charge >= 0.3 is 0 Å². The van der Waals surface area contributed by atoms with Crippen LogP contribution in [-0.2, 0) is 0 Å². The number of aliphatic imine (C=N–C) groups is 1. The van der Waals surface area contributed by atoms with Gasteiger partial charge < -0.3 is 20.6 Å². The molecule has 0 spiro atoms. The quantitative estimate of drug-likeness (QED) is 0.233. The first kappa shape index (κ1) is 26.9. The summed E-state index contributed by atoms with van der Waals surface area (Å²) in [6, 6.07) is 0.475. The first-order chi connectivity index (χ1) is 12.5. The Morgan fingerprint density at radius 2 is 1.63 bits per heavy atom. The average Bonchev–Trinajstić information content (AvgIpc) is 2.64. The van der Waals surface area contributed by atoms with Crippen molar-refractivity contribution in [2.75, 3.05) is 52.4 Å². The molecule has 0 aromatic carbocycles. The monoisotopic (exact) mass is 497 g/mol. The second-order valence-electron chi connectivity index (χ2n) is 7.62. The number of nitrogens with one attached hydrogen (secondary N) is 2. The van der Waals surface area contributed by atoms with Crippen LogP contribution < -0.4 is 10.6 Å². The molecule has 1 rings (SSSR count). The Morgan fingerprint density at radius 3 is 2.11 bits per heavy atom. The fourth-order valence-electron chi connectivity index (χ4n) is 3.68. The van der Waals surface area contributed by atoms with Crippen LogP contribution in [0, 0.1) is 0 Å². The highest BCUT2D eigenvalue weighted by molar-refractivity contribution is 14.0. The van der Waals surface area contributed by atoms with Gasteiger partial charge in [-0.2, -0.15) is 0 Å². The number of guanidine groups is 1. The van der Waals surface area contributed by atoms with Crippen molar-refractivity contribution in [1.82, 2.24) is 20.4 Å². The predicted molar refractivity (Wildman–Crippen MR) is 127 cm³/mol. The Balaban J connectivity index is 0.00000676. The maximum absolute atomic E-state index is 10.8. The van der Waals surface area contributed by atoms with Gasteiger partial charge in [-0.25, -0.2) is 0 Å². The van der Waals surface area contributed by atoms with E-state index in [1.54, 1.807) is 0 Å². The van der Waals surface area contributed by atoms with Gasteiger partial charge in [0.25, 0.3) is 0 Å². The van der Waals surface area contributed by atoms with E-state index in [2.05, 4.69) is 60.0 Å². The van der Waals surface area contributed by atoms with Crippen molar-refractivity contribution < 1.29 is 5.11 Å². The van der Waals surface area contributed by atoms with Gasteiger partial charge in [0.15, 0.2) is 5.96 Å². The summed E-state index contributed by atoms with van der Waals surface area (Å²) in [5.41, 5.74) is -0.673. The lowest BCUT2D eigenvalue weighted by Gasteiger charge is -2.37. The number of hydrogen-bond acceptors (Lipinski definition) is 4. The summed E-state index contributed by atoms with van der Waals surface area (Å²) >= 11 is 0. The van der Waals surface area contributed by atoms with Crippen molar-refractivity contribution >= 4 is 29.9 Å². The van der Waals surface area contributed by atoms with Gasteiger partial charge in [0.1, 0.15) is 0 Å². The van der Waals surface area contributed by atoms with E-state index in [4.69, 9.17) is 0 Å². The molecule has 0 bridgehead atoms. The molecule has 3 N–H and O–H groups in total. The van der Waals surface area contributed by atoms with Crippen LogP contribution >= 0.6 is 24.0 Å². The summed E-state index contributed by atoms with van der Waals surface area (Å²) in [7, 11) is 0. The summed E-state index contributed by atoms with van der Waals surface area (Å²) in [4.78, 5) is 9.74. The van der Waals surface area contributed by atoms with Crippen molar-refractivity contribution in [3.8, 4) is 0 Å². The SMILES string of the molecule is CCCC(O)(CCC)CN=C(NCC)NCC(C)N1CCN(CC)CC1.I. The highest BCUT2D eigenvalue weighted by Crippen LogP contribution is 2.19. The van der Waals surface area contributed by atoms with E-state index in [-0.39, 0.29) is 24.0 Å². The lowest BCUT2D eigenvalue weighted by atomic mass is 9.93. The van der Waals surface area contributed by atoms with E-state index in [9.17, 15) is 5.11 Å². The van der Waals surface area contributed by atoms with E-state index < -0.39 is 5.60 Å². The summed E-state index contributed by atoms with van der Waals surface area (Å²) in [6.07, 6.45) is 3.58. The second kappa shape index (κ2) is 14.8. The van der Waals surface area contributed by atoms with Crippen LogP contribution in [0.15, 0.2) is 4.99 Å². The van der Waals surface area contributed by atoms with Crippen LogP contribution in [0.2, 0.25) is 0 Å². The van der Waals surface area contributed by atoms with Crippen molar-refractivity contribution in [2.24, 2.45) is 4.99 Å². The van der Waals surface area contributed by atoms with E-state index in [1.807, 2.05) is 0 Å². The topological polar surface area (TPSA) is 63.1 Å². The third kappa shape index (κ3) is 10.3. The van der Waals surface area contributed by atoms with Gasteiger partial charge in [-0.3, -0.25) is 9.89 Å². The van der Waals surface area contributed by atoms with Gasteiger partial charge in [-0.1, -0.05) is 33.6 Å². The zero-order chi connectivity index (χ0) is 19.4. The average molecular weight is 498 g/mol. The smallest absolute Gasteiger partial charge is 0.191 e. The molecule has 0 amide bonds. The van der Waals surface area contributed by atoms with Crippen molar-refractivity contribution in [2.45, 2.75) is 71.9 Å². The molecule has 0 radical (unpaired) electrons. The maximum Gasteiger partial charge on any atom is 0.191 e. The Bertz CT molecular complexity index is 394. The largest absolute Gasteiger partial charge is 0.388 e. The van der Waals surface area contributed by atoms with Crippen molar-refractivity contribution in [3.05, 3.63) is 0 Å². The zero-order valence-corrected chi connectivity index (χ0v) is 20.6. The normalized spacial score (nSPS) is 18.1. The molecule has 7 heteroatoms. The third-order valence-electron chi connectivity index (χ3n) is 5.35. The molecule has 1 fully saturated rings. The molecular weight excluding hydrogens is 453 g/mol. The Labute approximate surface area is 184 Å². The second-order valence-corrected chi connectivity index (χ2v) is 7.62. The van der Waals surface area contributed by atoms with Crippen molar-refractivity contribution in [1.29, 1.82) is 0 Å². The molecule has 27 heavy (non-hydrogen) atoms. The van der Waals surface area contributed by atoms with Crippen LogP contribution in [0.5, 0.6) is 0 Å². The fourth-order valence-corrected chi connectivity index (χ4v) is 3.68. The predicted octanol–water partition coefficient (Wildman–Crippen LogP) is 2.52. The molecule has 0 aromatic rings. The molecule has 1 aliphatic rings. The molecule has 1 saturated heterocycles. The van der Waals surface area contributed by atoms with Gasteiger partial charge in [0.05, 0.1) is 12.1 Å². The molecule has 0 aliphatic carbocycles. The molecule has 1 unspecified atom stereocenters. The minimum absolute atomic E-state index is 0. The van der Waals surface area contributed by atoms with Gasteiger partial charge in [-0.15, -0.1) is 24.0 Å². The third-order valence-corrected chi connectivity index (χ3v) is 5.35. The fraction of sp³-hybridized carbons (Fsp3) is 0.950. The van der Waals surface area contributed by atoms with Gasteiger partial charge in [-0.05, 0) is 33.2 Å². The highest BCUT2D eigenvalue weighted by Gasteiger charge is 2.25. The first-order valence-corrected chi connectivity index (χ1v) is 10.7. The maximum atomic E-state index is 10.8. The van der Waals surface area contributed by atoms with E-state index >= 15 is 0 Å². The number of hydrogen-bond donors (Lipinski definition) is 3. The molecule has 0 aromatic heterocycles. The van der Waals surface area contributed by atoms with Crippen LogP contribution in [0.1, 0.15) is 60.3 Å². The Kier molecular flexibility index (Phi) is 14.8. The molecule has 162 valence electrons. The number of rotatable bonds is 11. The number of halogens is 1. The van der Waals surface area contributed by atoms with Gasteiger partial charge in [0.2, 0.25) is 0 Å². The summed E-state index contributed by atoms with van der Waals surface area (Å²) in [6.45, 7) is 18.7. The van der Waals surface area contributed by atoms with E-state index in [0.717, 1.165) is 77.5 Å². The standard InChI is InChI=1S/C20H43N5O.HI/c1-6-10-20(26,11-7-2)17-23-19(21-8-3)22-16-18(5)25-14-12-24(9-4)13-15-25;/h18,26H,6-17H2,1-5H3,(H2,21,22,23);1H. The summed E-state index contributed by atoms with van der Waals surface area (Å²) in [5.74, 6) is 0.817. The highest BCUT2D eigenvalue weighted by atomic mass is 127. The minimum atomic E-state index is -0.673. The molecule has 6 nitrogen and oxygen atoms in total. The molecule has 1 aliphatic heterocycles. The number of piperazine rings is 1. The van der Waals surface area contributed by atoms with E-state index in [1.165, 1.54) is 0 Å². The van der Waals surface area contributed by atoms with Crippen LogP contribution in [0.25, 0.3) is 0 Å². The molecule has 1 heterocycles. The lowest BCUT2D eigenvalue weighted by Crippen LogP contribution is -2.53. The summed E-state index contributed by atoms with van der Waals surface area (Å²) < 4.78 is 0. The molecular formula is C20H44IN5O. The first-order valence-electron chi connectivity index (χ1n) is 10.7. The Hall–Kier alpha value is -0.120. The minimum Gasteiger partial charge on any atom is -0.388 e. The Morgan fingerprint density at radius 1 is 1.04 bits per heavy atom. The van der Waals surface area contributed by atoms with Crippen LogP contribution in [0.3, 0.4) is 0 Å². The van der Waals surface area contributed by atoms with E-state index in [0.29, 0.717) is 12.6 Å². The molecule has 0 saturated carbocycles.